The second-order valence-corrected chi connectivity index (χ2v) is 5.35. The predicted molar refractivity (Wildman–Crippen MR) is 57.4 cm³/mol. The molecule has 0 aromatic carbocycles. The highest BCUT2D eigenvalue weighted by Crippen LogP contribution is 2.22. The van der Waals surface area contributed by atoms with Crippen molar-refractivity contribution in [2.75, 3.05) is 19.8 Å². The quantitative estimate of drug-likeness (QED) is 0.525. The van der Waals surface area contributed by atoms with Gasteiger partial charge < -0.3 is 14.2 Å². The molecule has 1 atom stereocenters. The van der Waals surface area contributed by atoms with Crippen LogP contribution >= 0.6 is 0 Å². The summed E-state index contributed by atoms with van der Waals surface area (Å²) in [5, 5.41) is -5.14. The molecule has 0 aromatic rings. The smallest absolute Gasteiger partial charge is 0.460 e. The molecule has 11 heteroatoms. The van der Waals surface area contributed by atoms with E-state index in [1.165, 1.54) is 0 Å². The molecule has 0 amide bonds. The van der Waals surface area contributed by atoms with Crippen molar-refractivity contribution in [2.45, 2.75) is 24.2 Å². The van der Waals surface area contributed by atoms with E-state index >= 15 is 0 Å². The first-order valence-electron chi connectivity index (χ1n) is 5.44. The molecular formula is C9H12F2O8S. The summed E-state index contributed by atoms with van der Waals surface area (Å²) >= 11 is 0. The molecule has 1 aliphatic heterocycles. The zero-order valence-corrected chi connectivity index (χ0v) is 10.9. The first kappa shape index (κ1) is 16.7. The summed E-state index contributed by atoms with van der Waals surface area (Å²) in [6.45, 7) is -0.792. The van der Waals surface area contributed by atoms with E-state index in [0.29, 0.717) is 13.0 Å². The molecule has 116 valence electrons. The van der Waals surface area contributed by atoms with Gasteiger partial charge in [0.1, 0.15) is 6.61 Å². The standard InChI is InChI=1S/C9H12F2O8S/c10-9(11,20(14,15)16)8(13)19-5-7(12)18-4-6-2-1-3-17-6/h6H,1-5H2,(H,14,15,16). The second kappa shape index (κ2) is 6.41. The van der Waals surface area contributed by atoms with Crippen LogP contribution in [0.5, 0.6) is 0 Å². The Labute approximate surface area is 112 Å². The number of carbonyl (C=O) groups excluding carboxylic acids is 2. The summed E-state index contributed by atoms with van der Waals surface area (Å²) in [6, 6.07) is 0. The third-order valence-electron chi connectivity index (χ3n) is 2.34. The van der Waals surface area contributed by atoms with E-state index in [1.54, 1.807) is 0 Å². The average molecular weight is 318 g/mol. The lowest BCUT2D eigenvalue weighted by Crippen LogP contribution is -2.39. The lowest BCUT2D eigenvalue weighted by atomic mass is 10.2. The van der Waals surface area contributed by atoms with Crippen LogP contribution in [-0.2, 0) is 33.9 Å². The molecule has 0 saturated carbocycles. The van der Waals surface area contributed by atoms with E-state index in [1.807, 2.05) is 0 Å². The molecule has 0 aromatic heterocycles. The van der Waals surface area contributed by atoms with Crippen LogP contribution in [0.2, 0.25) is 0 Å². The van der Waals surface area contributed by atoms with E-state index in [0.717, 1.165) is 6.42 Å². The van der Waals surface area contributed by atoms with E-state index in [-0.39, 0.29) is 12.7 Å². The van der Waals surface area contributed by atoms with Crippen LogP contribution in [0.3, 0.4) is 0 Å². The maximum atomic E-state index is 12.7. The minimum atomic E-state index is -5.95. The molecule has 1 rings (SSSR count). The van der Waals surface area contributed by atoms with Gasteiger partial charge in [0, 0.05) is 6.61 Å². The van der Waals surface area contributed by atoms with Gasteiger partial charge in [-0.1, -0.05) is 0 Å². The number of alkyl halides is 2. The molecule has 1 N–H and O–H groups in total. The van der Waals surface area contributed by atoms with Gasteiger partial charge in [-0.2, -0.15) is 17.2 Å². The molecule has 8 nitrogen and oxygen atoms in total. The second-order valence-electron chi connectivity index (χ2n) is 3.89. The number of ether oxygens (including phenoxy) is 3. The molecule has 1 fully saturated rings. The van der Waals surface area contributed by atoms with Crippen molar-refractivity contribution < 1.29 is 45.6 Å². The molecule has 0 radical (unpaired) electrons. The minimum Gasteiger partial charge on any atom is -0.460 e. The number of hydrogen-bond donors (Lipinski definition) is 1. The van der Waals surface area contributed by atoms with Crippen molar-refractivity contribution >= 4 is 22.1 Å². The molecule has 1 heterocycles. The minimum absolute atomic E-state index is 0.120. The van der Waals surface area contributed by atoms with Crippen LogP contribution in [0.4, 0.5) is 8.78 Å². The summed E-state index contributed by atoms with van der Waals surface area (Å²) in [5.74, 6) is -3.70. The fourth-order valence-corrected chi connectivity index (χ4v) is 1.59. The number of hydrogen-bond acceptors (Lipinski definition) is 7. The Hall–Kier alpha value is -1.33. The van der Waals surface area contributed by atoms with E-state index in [2.05, 4.69) is 9.47 Å². The van der Waals surface area contributed by atoms with Gasteiger partial charge in [-0.15, -0.1) is 0 Å². The molecule has 20 heavy (non-hydrogen) atoms. The Balaban J connectivity index is 2.35. The molecule has 1 saturated heterocycles. The van der Waals surface area contributed by atoms with Crippen LogP contribution in [0, 0.1) is 0 Å². The van der Waals surface area contributed by atoms with Crippen molar-refractivity contribution in [1.82, 2.24) is 0 Å². The largest absolute Gasteiger partial charge is 0.465 e. The summed E-state index contributed by atoms with van der Waals surface area (Å²) in [5.41, 5.74) is 0. The van der Waals surface area contributed by atoms with Crippen molar-refractivity contribution in [3.8, 4) is 0 Å². The molecule has 0 bridgehead atoms. The van der Waals surface area contributed by atoms with Gasteiger partial charge in [-0.3, -0.25) is 4.55 Å². The highest BCUT2D eigenvalue weighted by Gasteiger charge is 2.54. The zero-order chi connectivity index (χ0) is 15.4. The van der Waals surface area contributed by atoms with Crippen molar-refractivity contribution in [2.24, 2.45) is 0 Å². The lowest BCUT2D eigenvalue weighted by Gasteiger charge is -2.12. The van der Waals surface area contributed by atoms with Gasteiger partial charge in [0.2, 0.25) is 0 Å². The molecule has 0 aliphatic carbocycles. The lowest BCUT2D eigenvalue weighted by molar-refractivity contribution is -0.170. The SMILES string of the molecule is O=C(COC(=O)C(F)(F)S(=O)(=O)O)OCC1CCCO1. The van der Waals surface area contributed by atoms with Gasteiger partial charge in [0.05, 0.1) is 6.10 Å². The van der Waals surface area contributed by atoms with Crippen LogP contribution in [0.15, 0.2) is 0 Å². The topological polar surface area (TPSA) is 116 Å². The van der Waals surface area contributed by atoms with Crippen molar-refractivity contribution in [1.29, 1.82) is 0 Å². The van der Waals surface area contributed by atoms with Crippen LogP contribution in [0.1, 0.15) is 12.8 Å². The zero-order valence-electron chi connectivity index (χ0n) is 10.1. The van der Waals surface area contributed by atoms with Crippen LogP contribution < -0.4 is 0 Å². The fraction of sp³-hybridized carbons (Fsp3) is 0.778. The normalized spacial score (nSPS) is 19.6. The van der Waals surface area contributed by atoms with Crippen molar-refractivity contribution in [3.05, 3.63) is 0 Å². The highest BCUT2D eigenvalue weighted by molar-refractivity contribution is 7.87. The number of halogens is 2. The first-order valence-corrected chi connectivity index (χ1v) is 6.88. The van der Waals surface area contributed by atoms with E-state index in [4.69, 9.17) is 9.29 Å². The van der Waals surface area contributed by atoms with Gasteiger partial charge in [0.15, 0.2) is 6.61 Å². The Bertz CT molecular complexity index is 468. The number of carbonyl (C=O) groups is 2. The molecule has 0 spiro atoms. The third-order valence-corrected chi connectivity index (χ3v) is 3.15. The number of rotatable bonds is 6. The van der Waals surface area contributed by atoms with E-state index in [9.17, 15) is 26.8 Å². The third kappa shape index (κ3) is 4.35. The maximum absolute atomic E-state index is 12.7. The Morgan fingerprint density at radius 2 is 2.00 bits per heavy atom. The maximum Gasteiger partial charge on any atom is 0.465 e. The van der Waals surface area contributed by atoms with Crippen LogP contribution in [-0.4, -0.2) is 56.1 Å². The summed E-state index contributed by atoms with van der Waals surface area (Å²) in [6.07, 6.45) is 1.18. The van der Waals surface area contributed by atoms with Crippen LogP contribution in [0.25, 0.3) is 0 Å². The van der Waals surface area contributed by atoms with Gasteiger partial charge >= 0.3 is 27.3 Å². The van der Waals surface area contributed by atoms with E-state index < -0.39 is 33.9 Å². The summed E-state index contributed by atoms with van der Waals surface area (Å²) < 4.78 is 67.4. The Morgan fingerprint density at radius 1 is 1.35 bits per heavy atom. The summed E-state index contributed by atoms with van der Waals surface area (Å²) in [7, 11) is -5.95. The average Bonchev–Trinajstić information content (AvgIpc) is 2.84. The molecule has 1 unspecified atom stereocenters. The Kier molecular flexibility index (Phi) is 5.36. The fourth-order valence-electron chi connectivity index (χ4n) is 1.32. The highest BCUT2D eigenvalue weighted by atomic mass is 32.2. The van der Waals surface area contributed by atoms with Gasteiger partial charge in [-0.05, 0) is 12.8 Å². The van der Waals surface area contributed by atoms with Crippen molar-refractivity contribution in [3.63, 3.8) is 0 Å². The molecular weight excluding hydrogens is 306 g/mol. The Morgan fingerprint density at radius 3 is 2.50 bits per heavy atom. The summed E-state index contributed by atoms with van der Waals surface area (Å²) in [4.78, 5) is 21.8. The predicted octanol–water partition coefficient (Wildman–Crippen LogP) is -0.268. The van der Waals surface area contributed by atoms with Gasteiger partial charge in [-0.25, -0.2) is 9.59 Å². The van der Waals surface area contributed by atoms with Gasteiger partial charge in [0.25, 0.3) is 0 Å². The number of esters is 2. The monoisotopic (exact) mass is 318 g/mol. The first-order chi connectivity index (χ1) is 9.14. The molecule has 1 aliphatic rings.